The Kier molecular flexibility index (Phi) is 4.15. The lowest BCUT2D eigenvalue weighted by molar-refractivity contribution is 0.508. The minimum Gasteiger partial charge on any atom is -0.295 e. The van der Waals surface area contributed by atoms with E-state index in [2.05, 4.69) is 30.4 Å². The van der Waals surface area contributed by atoms with Gasteiger partial charge in [0.05, 0.1) is 12.1 Å². The molecular formula is C12H16N2. The number of benzene rings is 1. The highest BCUT2D eigenvalue weighted by Gasteiger charge is 2.09. The lowest BCUT2D eigenvalue weighted by atomic mass is 10.1. The minimum atomic E-state index is -0.0507. The fourth-order valence-corrected chi connectivity index (χ4v) is 1.39. The summed E-state index contributed by atoms with van der Waals surface area (Å²) < 4.78 is 0. The van der Waals surface area contributed by atoms with E-state index < -0.39 is 0 Å². The van der Waals surface area contributed by atoms with Gasteiger partial charge < -0.3 is 0 Å². The van der Waals surface area contributed by atoms with Crippen LogP contribution in [0.5, 0.6) is 0 Å². The van der Waals surface area contributed by atoms with Gasteiger partial charge >= 0.3 is 0 Å². The highest BCUT2D eigenvalue weighted by molar-refractivity contribution is 5.18. The van der Waals surface area contributed by atoms with Gasteiger partial charge in [0, 0.05) is 6.04 Å². The maximum atomic E-state index is 8.81. The minimum absolute atomic E-state index is 0.0507. The van der Waals surface area contributed by atoms with Gasteiger partial charge in [-0.2, -0.15) is 5.26 Å². The van der Waals surface area contributed by atoms with Crippen LogP contribution in [0.25, 0.3) is 0 Å². The van der Waals surface area contributed by atoms with Gasteiger partial charge in [-0.05, 0) is 18.9 Å². The number of nitrogens with one attached hydrogen (secondary N) is 1. The van der Waals surface area contributed by atoms with Gasteiger partial charge in [-0.25, -0.2) is 0 Å². The Morgan fingerprint density at radius 2 is 2.00 bits per heavy atom. The monoisotopic (exact) mass is 188 g/mol. The number of hydrogen-bond donors (Lipinski definition) is 1. The SMILES string of the molecule is CC[C@@H](C#N)N[C@H](C)c1ccccc1. The van der Waals surface area contributed by atoms with Crippen LogP contribution in [0.3, 0.4) is 0 Å². The van der Waals surface area contributed by atoms with Crippen molar-refractivity contribution >= 4 is 0 Å². The highest BCUT2D eigenvalue weighted by atomic mass is 14.9. The van der Waals surface area contributed by atoms with Crippen molar-refractivity contribution in [1.29, 1.82) is 5.26 Å². The van der Waals surface area contributed by atoms with Crippen molar-refractivity contribution in [2.45, 2.75) is 32.4 Å². The van der Waals surface area contributed by atoms with Crippen molar-refractivity contribution in [3.05, 3.63) is 35.9 Å². The summed E-state index contributed by atoms with van der Waals surface area (Å²) in [5, 5.41) is 12.1. The standard InChI is InChI=1S/C12H16N2/c1-3-12(9-13)14-10(2)11-7-5-4-6-8-11/h4-8,10,12,14H,3H2,1-2H3/t10-,12+/m1/s1. The molecule has 1 rings (SSSR count). The molecule has 0 saturated heterocycles. The second-order valence-electron chi connectivity index (χ2n) is 3.39. The molecule has 0 aromatic heterocycles. The molecule has 14 heavy (non-hydrogen) atoms. The topological polar surface area (TPSA) is 35.8 Å². The Labute approximate surface area is 85.6 Å². The summed E-state index contributed by atoms with van der Waals surface area (Å²) in [4.78, 5) is 0. The first-order chi connectivity index (χ1) is 6.77. The summed E-state index contributed by atoms with van der Waals surface area (Å²) in [7, 11) is 0. The van der Waals surface area contributed by atoms with Crippen LogP contribution in [0.2, 0.25) is 0 Å². The third-order valence-corrected chi connectivity index (χ3v) is 2.31. The average Bonchev–Trinajstić information content (AvgIpc) is 2.26. The van der Waals surface area contributed by atoms with Crippen molar-refractivity contribution in [2.75, 3.05) is 0 Å². The molecule has 2 nitrogen and oxygen atoms in total. The van der Waals surface area contributed by atoms with Gasteiger partial charge in [0.1, 0.15) is 0 Å². The van der Waals surface area contributed by atoms with Crippen LogP contribution in [-0.2, 0) is 0 Å². The smallest absolute Gasteiger partial charge is 0.0954 e. The zero-order valence-corrected chi connectivity index (χ0v) is 8.70. The Balaban J connectivity index is 2.59. The first-order valence-corrected chi connectivity index (χ1v) is 4.98. The van der Waals surface area contributed by atoms with E-state index in [1.807, 2.05) is 25.1 Å². The van der Waals surface area contributed by atoms with Gasteiger partial charge in [0.15, 0.2) is 0 Å². The van der Waals surface area contributed by atoms with Crippen molar-refractivity contribution in [1.82, 2.24) is 5.32 Å². The second kappa shape index (κ2) is 5.41. The van der Waals surface area contributed by atoms with Crippen LogP contribution in [0.4, 0.5) is 0 Å². The highest BCUT2D eigenvalue weighted by Crippen LogP contribution is 2.12. The van der Waals surface area contributed by atoms with Crippen LogP contribution in [-0.4, -0.2) is 6.04 Å². The largest absolute Gasteiger partial charge is 0.295 e. The molecule has 1 aromatic carbocycles. The fraction of sp³-hybridized carbons (Fsp3) is 0.417. The molecule has 0 unspecified atom stereocenters. The summed E-state index contributed by atoms with van der Waals surface area (Å²) >= 11 is 0. The fourth-order valence-electron chi connectivity index (χ4n) is 1.39. The van der Waals surface area contributed by atoms with Crippen molar-refractivity contribution in [3.8, 4) is 6.07 Å². The summed E-state index contributed by atoms with van der Waals surface area (Å²) in [6, 6.07) is 12.6. The van der Waals surface area contributed by atoms with Gasteiger partial charge in [-0.15, -0.1) is 0 Å². The molecule has 1 N–H and O–H groups in total. The molecule has 0 aliphatic carbocycles. The third kappa shape index (κ3) is 2.86. The number of nitrogens with zero attached hydrogens (tertiary/aromatic N) is 1. The van der Waals surface area contributed by atoms with Crippen molar-refractivity contribution in [3.63, 3.8) is 0 Å². The number of nitriles is 1. The van der Waals surface area contributed by atoms with Gasteiger partial charge in [0.25, 0.3) is 0 Å². The van der Waals surface area contributed by atoms with Crippen LogP contribution >= 0.6 is 0 Å². The van der Waals surface area contributed by atoms with Crippen LogP contribution in [0.15, 0.2) is 30.3 Å². The van der Waals surface area contributed by atoms with E-state index in [9.17, 15) is 0 Å². The summed E-state index contributed by atoms with van der Waals surface area (Å²) in [6.07, 6.45) is 0.841. The summed E-state index contributed by atoms with van der Waals surface area (Å²) in [5.41, 5.74) is 1.22. The Bertz CT molecular complexity index is 300. The van der Waals surface area contributed by atoms with Crippen molar-refractivity contribution < 1.29 is 0 Å². The number of rotatable bonds is 4. The van der Waals surface area contributed by atoms with Crippen LogP contribution in [0.1, 0.15) is 31.9 Å². The van der Waals surface area contributed by atoms with Gasteiger partial charge in [0.2, 0.25) is 0 Å². The lowest BCUT2D eigenvalue weighted by Gasteiger charge is -2.17. The molecule has 0 bridgehead atoms. The quantitative estimate of drug-likeness (QED) is 0.788. The van der Waals surface area contributed by atoms with E-state index in [0.29, 0.717) is 0 Å². The normalized spacial score (nSPS) is 14.4. The Morgan fingerprint density at radius 1 is 1.36 bits per heavy atom. The lowest BCUT2D eigenvalue weighted by Crippen LogP contribution is -2.29. The van der Waals surface area contributed by atoms with E-state index >= 15 is 0 Å². The molecule has 0 spiro atoms. The molecular weight excluding hydrogens is 172 g/mol. The summed E-state index contributed by atoms with van der Waals surface area (Å²) in [5.74, 6) is 0. The average molecular weight is 188 g/mol. The zero-order chi connectivity index (χ0) is 10.4. The Morgan fingerprint density at radius 3 is 2.50 bits per heavy atom. The van der Waals surface area contributed by atoms with E-state index in [0.717, 1.165) is 6.42 Å². The zero-order valence-electron chi connectivity index (χ0n) is 8.70. The maximum Gasteiger partial charge on any atom is 0.0954 e. The van der Waals surface area contributed by atoms with E-state index in [4.69, 9.17) is 5.26 Å². The summed E-state index contributed by atoms with van der Waals surface area (Å²) in [6.45, 7) is 4.09. The molecule has 0 heterocycles. The first-order valence-electron chi connectivity index (χ1n) is 4.98. The van der Waals surface area contributed by atoms with E-state index in [-0.39, 0.29) is 12.1 Å². The predicted octanol–water partition coefficient (Wildman–Crippen LogP) is 2.64. The molecule has 0 saturated carbocycles. The molecule has 74 valence electrons. The molecule has 0 aliphatic rings. The molecule has 2 atom stereocenters. The molecule has 0 radical (unpaired) electrons. The van der Waals surface area contributed by atoms with Crippen LogP contribution in [0, 0.1) is 11.3 Å². The molecule has 2 heteroatoms. The first kappa shape index (κ1) is 10.7. The number of hydrogen-bond acceptors (Lipinski definition) is 2. The molecule has 0 fully saturated rings. The van der Waals surface area contributed by atoms with Crippen LogP contribution < -0.4 is 5.32 Å². The molecule has 0 amide bonds. The molecule has 1 aromatic rings. The van der Waals surface area contributed by atoms with E-state index in [1.165, 1.54) is 5.56 Å². The van der Waals surface area contributed by atoms with Crippen molar-refractivity contribution in [2.24, 2.45) is 0 Å². The Hall–Kier alpha value is -1.33. The second-order valence-corrected chi connectivity index (χ2v) is 3.39. The third-order valence-electron chi connectivity index (χ3n) is 2.31. The predicted molar refractivity (Wildman–Crippen MR) is 57.7 cm³/mol. The van der Waals surface area contributed by atoms with Gasteiger partial charge in [-0.1, -0.05) is 37.3 Å². The van der Waals surface area contributed by atoms with Gasteiger partial charge in [-0.3, -0.25) is 5.32 Å². The van der Waals surface area contributed by atoms with E-state index in [1.54, 1.807) is 0 Å². The maximum absolute atomic E-state index is 8.81. The molecule has 0 aliphatic heterocycles.